The molecule has 0 aliphatic heterocycles. The average Bonchev–Trinajstić information content (AvgIpc) is 2.93. The van der Waals surface area contributed by atoms with Crippen LogP contribution in [0, 0.1) is 5.41 Å². The molecule has 1 aromatic heterocycles. The maximum absolute atomic E-state index is 6.23. The van der Waals surface area contributed by atoms with Crippen LogP contribution in [0.15, 0.2) is 4.52 Å². The van der Waals surface area contributed by atoms with Crippen LogP contribution in [-0.2, 0) is 0 Å². The lowest BCUT2D eigenvalue weighted by Gasteiger charge is -2.36. The van der Waals surface area contributed by atoms with Crippen LogP contribution in [0.4, 0.5) is 0 Å². The average molecular weight is 294 g/mol. The molecule has 0 bridgehead atoms. The van der Waals surface area contributed by atoms with E-state index in [2.05, 4.69) is 42.7 Å². The summed E-state index contributed by atoms with van der Waals surface area (Å²) in [6.07, 6.45) is 4.91. The second-order valence-electron chi connectivity index (χ2n) is 6.87. The Hall–Kier alpha value is -0.940. The fraction of sp³-hybridized carbons (Fsp3) is 0.875. The van der Waals surface area contributed by atoms with Gasteiger partial charge in [-0.3, -0.25) is 0 Å². The van der Waals surface area contributed by atoms with Crippen LogP contribution in [0.2, 0.25) is 0 Å². The Morgan fingerprint density at radius 3 is 2.67 bits per heavy atom. The maximum atomic E-state index is 6.23. The molecule has 1 aliphatic carbocycles. The van der Waals surface area contributed by atoms with Gasteiger partial charge in [-0.2, -0.15) is 4.98 Å². The summed E-state index contributed by atoms with van der Waals surface area (Å²) in [7, 11) is 0. The molecule has 1 aliphatic rings. The quantitative estimate of drug-likeness (QED) is 0.873. The largest absolute Gasteiger partial charge is 0.339 e. The van der Waals surface area contributed by atoms with Crippen molar-refractivity contribution in [2.75, 3.05) is 19.6 Å². The summed E-state index contributed by atoms with van der Waals surface area (Å²) < 4.78 is 5.55. The SMILES string of the molecule is CCN(CC)CC(N)c1noc(C2CCCCC2(C)C)n1. The van der Waals surface area contributed by atoms with Gasteiger partial charge in [-0.05, 0) is 31.3 Å². The van der Waals surface area contributed by atoms with Crippen molar-refractivity contribution in [3.63, 3.8) is 0 Å². The molecule has 2 rings (SSSR count). The van der Waals surface area contributed by atoms with Gasteiger partial charge in [-0.25, -0.2) is 0 Å². The van der Waals surface area contributed by atoms with E-state index in [-0.39, 0.29) is 11.5 Å². The fourth-order valence-electron chi connectivity index (χ4n) is 3.33. The van der Waals surface area contributed by atoms with Crippen molar-refractivity contribution in [2.24, 2.45) is 11.1 Å². The first-order valence-electron chi connectivity index (χ1n) is 8.29. The molecule has 1 heterocycles. The van der Waals surface area contributed by atoms with E-state index in [1.54, 1.807) is 0 Å². The predicted octanol–water partition coefficient (Wildman–Crippen LogP) is 3.10. The fourth-order valence-corrected chi connectivity index (χ4v) is 3.33. The standard InChI is InChI=1S/C16H30N4O/c1-5-20(6-2)11-13(17)14-18-15(21-19-14)12-9-7-8-10-16(12,3)4/h12-13H,5-11,17H2,1-4H3. The monoisotopic (exact) mass is 294 g/mol. The van der Waals surface area contributed by atoms with Gasteiger partial charge in [0.15, 0.2) is 5.82 Å². The van der Waals surface area contributed by atoms with Crippen LogP contribution in [0.1, 0.15) is 77.1 Å². The Morgan fingerprint density at radius 1 is 1.33 bits per heavy atom. The highest BCUT2D eigenvalue weighted by Crippen LogP contribution is 2.46. The van der Waals surface area contributed by atoms with E-state index in [0.29, 0.717) is 11.7 Å². The summed E-state index contributed by atoms with van der Waals surface area (Å²) in [5.41, 5.74) is 6.47. The van der Waals surface area contributed by atoms with Crippen LogP contribution in [0.5, 0.6) is 0 Å². The first kappa shape index (κ1) is 16.4. The van der Waals surface area contributed by atoms with Crippen molar-refractivity contribution in [1.29, 1.82) is 0 Å². The van der Waals surface area contributed by atoms with Crippen molar-refractivity contribution < 1.29 is 4.52 Å². The van der Waals surface area contributed by atoms with Crippen LogP contribution in [-0.4, -0.2) is 34.7 Å². The summed E-state index contributed by atoms with van der Waals surface area (Å²) in [6.45, 7) is 11.6. The number of nitrogens with two attached hydrogens (primary N) is 1. The van der Waals surface area contributed by atoms with E-state index in [1.165, 1.54) is 19.3 Å². The lowest BCUT2D eigenvalue weighted by atomic mass is 9.69. The van der Waals surface area contributed by atoms with Gasteiger partial charge < -0.3 is 15.2 Å². The van der Waals surface area contributed by atoms with Crippen molar-refractivity contribution in [3.05, 3.63) is 11.7 Å². The topological polar surface area (TPSA) is 68.2 Å². The number of rotatable bonds is 6. The van der Waals surface area contributed by atoms with Crippen LogP contribution in [0.25, 0.3) is 0 Å². The molecule has 2 unspecified atom stereocenters. The van der Waals surface area contributed by atoms with E-state index in [4.69, 9.17) is 10.3 Å². The molecule has 0 saturated heterocycles. The summed E-state index contributed by atoms with van der Waals surface area (Å²) >= 11 is 0. The first-order valence-corrected chi connectivity index (χ1v) is 8.29. The molecule has 120 valence electrons. The van der Waals surface area contributed by atoms with E-state index < -0.39 is 0 Å². The summed E-state index contributed by atoms with van der Waals surface area (Å²) in [5, 5.41) is 4.14. The van der Waals surface area contributed by atoms with E-state index >= 15 is 0 Å². The zero-order valence-corrected chi connectivity index (χ0v) is 13.9. The highest BCUT2D eigenvalue weighted by molar-refractivity contribution is 5.04. The van der Waals surface area contributed by atoms with Crippen molar-refractivity contribution >= 4 is 0 Å². The number of hydrogen-bond acceptors (Lipinski definition) is 5. The molecule has 1 aromatic rings. The molecule has 21 heavy (non-hydrogen) atoms. The maximum Gasteiger partial charge on any atom is 0.230 e. The molecule has 0 spiro atoms. The molecule has 2 N–H and O–H groups in total. The molecular weight excluding hydrogens is 264 g/mol. The minimum absolute atomic E-state index is 0.172. The number of hydrogen-bond donors (Lipinski definition) is 1. The first-order chi connectivity index (χ1) is 9.97. The molecule has 5 heteroatoms. The van der Waals surface area contributed by atoms with E-state index in [0.717, 1.165) is 31.9 Å². The predicted molar refractivity (Wildman–Crippen MR) is 84.0 cm³/mol. The number of nitrogens with zero attached hydrogens (tertiary/aromatic N) is 3. The minimum atomic E-state index is -0.172. The molecule has 1 saturated carbocycles. The molecule has 0 aromatic carbocycles. The van der Waals surface area contributed by atoms with Crippen molar-refractivity contribution in [2.45, 2.75) is 65.3 Å². The van der Waals surface area contributed by atoms with Gasteiger partial charge in [0.25, 0.3) is 0 Å². The highest BCUT2D eigenvalue weighted by Gasteiger charge is 2.37. The molecular formula is C16H30N4O. The Balaban J connectivity index is 2.06. The van der Waals surface area contributed by atoms with Crippen LogP contribution in [0.3, 0.4) is 0 Å². The molecule has 2 atom stereocenters. The Labute approximate surface area is 128 Å². The van der Waals surface area contributed by atoms with Gasteiger partial charge in [-0.1, -0.05) is 45.7 Å². The molecule has 1 fully saturated rings. The number of aromatic nitrogens is 2. The zero-order chi connectivity index (χ0) is 15.5. The van der Waals surface area contributed by atoms with Crippen molar-refractivity contribution in [3.8, 4) is 0 Å². The second kappa shape index (κ2) is 6.88. The van der Waals surface area contributed by atoms with Gasteiger partial charge in [0.05, 0.1) is 6.04 Å². The number of likely N-dealkylation sites (N-methyl/N-ethyl adjacent to an activating group) is 1. The normalized spacial score (nSPS) is 23.4. The third-order valence-electron chi connectivity index (χ3n) is 4.94. The summed E-state index contributed by atoms with van der Waals surface area (Å²) in [5.74, 6) is 1.80. The van der Waals surface area contributed by atoms with Gasteiger partial charge in [-0.15, -0.1) is 0 Å². The molecule has 0 radical (unpaired) electrons. The van der Waals surface area contributed by atoms with E-state index in [1.807, 2.05) is 0 Å². The Kier molecular flexibility index (Phi) is 5.38. The second-order valence-corrected chi connectivity index (χ2v) is 6.87. The van der Waals surface area contributed by atoms with Crippen molar-refractivity contribution in [1.82, 2.24) is 15.0 Å². The van der Waals surface area contributed by atoms with Gasteiger partial charge in [0.2, 0.25) is 5.89 Å². The third kappa shape index (κ3) is 3.83. The van der Waals surface area contributed by atoms with Gasteiger partial charge >= 0.3 is 0 Å². The Bertz CT molecular complexity index is 439. The molecule has 0 amide bonds. The van der Waals surface area contributed by atoms with E-state index in [9.17, 15) is 0 Å². The highest BCUT2D eigenvalue weighted by atomic mass is 16.5. The summed E-state index contributed by atoms with van der Waals surface area (Å²) in [4.78, 5) is 6.90. The lowest BCUT2D eigenvalue weighted by molar-refractivity contribution is 0.164. The van der Waals surface area contributed by atoms with Gasteiger partial charge in [0, 0.05) is 12.5 Å². The lowest BCUT2D eigenvalue weighted by Crippen LogP contribution is -2.32. The third-order valence-corrected chi connectivity index (χ3v) is 4.94. The molecule has 5 nitrogen and oxygen atoms in total. The summed E-state index contributed by atoms with van der Waals surface area (Å²) in [6, 6.07) is -0.172. The van der Waals surface area contributed by atoms with Crippen LogP contribution >= 0.6 is 0 Å². The minimum Gasteiger partial charge on any atom is -0.339 e. The smallest absolute Gasteiger partial charge is 0.230 e. The Morgan fingerprint density at radius 2 is 2.05 bits per heavy atom. The van der Waals surface area contributed by atoms with Crippen LogP contribution < -0.4 is 5.73 Å². The zero-order valence-electron chi connectivity index (χ0n) is 13.9. The van der Waals surface area contributed by atoms with Gasteiger partial charge in [0.1, 0.15) is 0 Å².